The topological polar surface area (TPSA) is 131 Å². The summed E-state index contributed by atoms with van der Waals surface area (Å²) >= 11 is 0. The number of aromatic amines is 1. The number of aromatic nitrogens is 6. The Kier molecular flexibility index (Phi) is 6.52. The van der Waals surface area contributed by atoms with E-state index < -0.39 is 18.5 Å². The van der Waals surface area contributed by atoms with Crippen LogP contribution in [0.25, 0.3) is 22.3 Å². The van der Waals surface area contributed by atoms with E-state index >= 15 is 0 Å². The molecule has 10 nitrogen and oxygen atoms in total. The monoisotopic (exact) mass is 542 g/mol. The van der Waals surface area contributed by atoms with Gasteiger partial charge in [-0.25, -0.2) is 15.0 Å². The summed E-state index contributed by atoms with van der Waals surface area (Å²) in [5.41, 5.74) is 7.54. The van der Waals surface area contributed by atoms with Crippen molar-refractivity contribution in [2.75, 3.05) is 19.6 Å². The van der Waals surface area contributed by atoms with Gasteiger partial charge in [-0.3, -0.25) is 9.58 Å². The van der Waals surface area contributed by atoms with Crippen LogP contribution in [0.1, 0.15) is 36.9 Å². The Morgan fingerprint density at radius 1 is 1.18 bits per heavy atom. The van der Waals surface area contributed by atoms with Crippen molar-refractivity contribution in [3.63, 3.8) is 0 Å². The fourth-order valence-electron chi connectivity index (χ4n) is 5.72. The minimum absolute atomic E-state index is 0.104. The van der Waals surface area contributed by atoms with Crippen LogP contribution in [0.4, 0.5) is 13.2 Å². The quantitative estimate of drug-likeness (QED) is 0.325. The molecule has 0 atom stereocenters. The summed E-state index contributed by atoms with van der Waals surface area (Å²) in [6.45, 7) is 1.47. The first-order chi connectivity index (χ1) is 18.8. The third kappa shape index (κ3) is 4.85. The number of nitrogens with zero attached hydrogens (tertiary/aromatic N) is 6. The van der Waals surface area contributed by atoms with Gasteiger partial charge in [-0.1, -0.05) is 0 Å². The molecule has 1 aliphatic carbocycles. The molecule has 13 heteroatoms. The summed E-state index contributed by atoms with van der Waals surface area (Å²) in [5.74, 6) is -0.104. The van der Waals surface area contributed by atoms with Gasteiger partial charge in [0.15, 0.2) is 0 Å². The highest BCUT2D eigenvalue weighted by molar-refractivity contribution is 5.89. The molecule has 6 rings (SSSR count). The molecule has 4 aromatic rings. The van der Waals surface area contributed by atoms with Gasteiger partial charge in [-0.15, -0.1) is 0 Å². The molecule has 39 heavy (non-hydrogen) atoms. The van der Waals surface area contributed by atoms with E-state index in [9.17, 15) is 18.3 Å². The molecule has 0 aromatic carbocycles. The van der Waals surface area contributed by atoms with Crippen LogP contribution in [-0.4, -0.2) is 71.5 Å². The minimum Gasteiger partial charge on any atom is -0.474 e. The van der Waals surface area contributed by atoms with E-state index in [0.717, 1.165) is 54.3 Å². The average Bonchev–Trinajstić information content (AvgIpc) is 3.59. The Labute approximate surface area is 222 Å². The number of likely N-dealkylation sites (tertiary alicyclic amines) is 1. The maximum Gasteiger partial charge on any atom is 0.433 e. The lowest BCUT2D eigenvalue weighted by Crippen LogP contribution is -2.61. The number of hydrogen-bond donors (Lipinski definition) is 3. The molecule has 2 fully saturated rings. The fourth-order valence-corrected chi connectivity index (χ4v) is 5.72. The standard InChI is InChI=1S/C26H29F3N8O2/c27-26(28,29)21-7-16(13-38)8-22(35-21)39-19-2-5-36(6-3-19)18-9-25(10-18,14-30)37-12-17(11-34-37)23-20-1-4-31-24(20)33-15-32-23/h1,4,7-8,11-12,15,18-19,38H,2-3,5-6,9-10,13-14,30H2,(H,31,32,33). The van der Waals surface area contributed by atoms with E-state index in [4.69, 9.17) is 10.5 Å². The molecule has 4 N–H and O–H groups in total. The van der Waals surface area contributed by atoms with Crippen LogP contribution in [0.5, 0.6) is 5.88 Å². The van der Waals surface area contributed by atoms with Crippen LogP contribution in [0.3, 0.4) is 0 Å². The lowest BCUT2D eigenvalue weighted by atomic mass is 9.71. The second kappa shape index (κ2) is 9.88. The van der Waals surface area contributed by atoms with Crippen LogP contribution in [-0.2, 0) is 18.3 Å². The minimum atomic E-state index is -4.61. The number of pyridine rings is 1. The fraction of sp³-hybridized carbons (Fsp3) is 0.462. The summed E-state index contributed by atoms with van der Waals surface area (Å²) in [5, 5.41) is 14.9. The van der Waals surface area contributed by atoms with E-state index in [-0.39, 0.29) is 23.1 Å². The second-order valence-electron chi connectivity index (χ2n) is 10.3. The third-order valence-electron chi connectivity index (χ3n) is 7.92. The molecule has 0 radical (unpaired) electrons. The van der Waals surface area contributed by atoms with Gasteiger partial charge in [-0.2, -0.15) is 18.3 Å². The first-order valence-corrected chi connectivity index (χ1v) is 12.9. The number of aliphatic hydroxyl groups excluding tert-OH is 1. The van der Waals surface area contributed by atoms with Crippen LogP contribution in [0.2, 0.25) is 0 Å². The maximum atomic E-state index is 13.2. The van der Waals surface area contributed by atoms with Crippen molar-refractivity contribution >= 4 is 11.0 Å². The lowest BCUT2D eigenvalue weighted by Gasteiger charge is -2.52. The summed E-state index contributed by atoms with van der Waals surface area (Å²) in [7, 11) is 0. The molecule has 1 saturated heterocycles. The molecule has 0 spiro atoms. The van der Waals surface area contributed by atoms with Gasteiger partial charge in [0.2, 0.25) is 5.88 Å². The number of H-pyrrole nitrogens is 1. The van der Waals surface area contributed by atoms with Gasteiger partial charge in [0.25, 0.3) is 0 Å². The van der Waals surface area contributed by atoms with Crippen molar-refractivity contribution in [1.82, 2.24) is 34.6 Å². The molecule has 2 aliphatic rings. The number of fused-ring (bicyclic) bond motifs is 1. The van der Waals surface area contributed by atoms with Crippen LogP contribution in [0.15, 0.2) is 43.1 Å². The number of halogens is 3. The molecule has 4 aromatic heterocycles. The average molecular weight is 543 g/mol. The highest BCUT2D eigenvalue weighted by Gasteiger charge is 2.48. The van der Waals surface area contributed by atoms with Gasteiger partial charge in [0, 0.05) is 55.1 Å². The molecule has 0 unspecified atom stereocenters. The zero-order valence-electron chi connectivity index (χ0n) is 21.1. The molecular formula is C26H29F3N8O2. The summed E-state index contributed by atoms with van der Waals surface area (Å²) in [6, 6.07) is 4.49. The van der Waals surface area contributed by atoms with Gasteiger partial charge >= 0.3 is 6.18 Å². The van der Waals surface area contributed by atoms with Gasteiger partial charge in [0.1, 0.15) is 23.8 Å². The van der Waals surface area contributed by atoms with Crippen molar-refractivity contribution in [2.24, 2.45) is 5.73 Å². The van der Waals surface area contributed by atoms with Crippen LogP contribution < -0.4 is 10.5 Å². The Hall–Kier alpha value is -3.55. The Bertz CT molecular complexity index is 1450. The second-order valence-corrected chi connectivity index (χ2v) is 10.3. The van der Waals surface area contributed by atoms with E-state index in [2.05, 4.69) is 29.9 Å². The Balaban J connectivity index is 1.08. The summed E-state index contributed by atoms with van der Waals surface area (Å²) in [6.07, 6.45) is 5.39. The van der Waals surface area contributed by atoms with Crippen molar-refractivity contribution in [1.29, 1.82) is 0 Å². The zero-order chi connectivity index (χ0) is 27.2. The number of ether oxygens (including phenoxy) is 1. The van der Waals surface area contributed by atoms with Gasteiger partial charge in [0.05, 0.1) is 24.0 Å². The smallest absolute Gasteiger partial charge is 0.433 e. The predicted octanol–water partition coefficient (Wildman–Crippen LogP) is 3.09. The van der Waals surface area contributed by atoms with E-state index in [1.54, 1.807) is 0 Å². The molecule has 5 heterocycles. The number of aliphatic hydroxyl groups is 1. The normalized spacial score (nSPS) is 22.7. The van der Waals surface area contributed by atoms with E-state index in [1.165, 1.54) is 12.4 Å². The van der Waals surface area contributed by atoms with E-state index in [1.807, 2.05) is 29.3 Å². The molecule has 0 bridgehead atoms. The van der Waals surface area contributed by atoms with Crippen LogP contribution >= 0.6 is 0 Å². The highest BCUT2D eigenvalue weighted by atomic mass is 19.4. The number of nitrogens with two attached hydrogens (primary N) is 1. The summed E-state index contributed by atoms with van der Waals surface area (Å²) in [4.78, 5) is 17.8. The predicted molar refractivity (Wildman–Crippen MR) is 136 cm³/mol. The van der Waals surface area contributed by atoms with Crippen molar-refractivity contribution < 1.29 is 23.0 Å². The molecular weight excluding hydrogens is 513 g/mol. The molecule has 1 aliphatic heterocycles. The number of alkyl halides is 3. The number of nitrogens with one attached hydrogen (secondary N) is 1. The van der Waals surface area contributed by atoms with E-state index in [0.29, 0.717) is 25.4 Å². The van der Waals surface area contributed by atoms with Gasteiger partial charge in [-0.05, 0) is 43.4 Å². The SMILES string of the molecule is NCC1(n2cc(-c3ncnc4[nH]ccc34)cn2)CC(N2CCC(Oc3cc(CO)cc(C(F)(F)F)n3)CC2)C1. The van der Waals surface area contributed by atoms with Crippen molar-refractivity contribution in [3.8, 4) is 17.1 Å². The Morgan fingerprint density at radius 2 is 1.97 bits per heavy atom. The third-order valence-corrected chi connectivity index (χ3v) is 7.92. The molecule has 0 amide bonds. The van der Waals surface area contributed by atoms with Crippen molar-refractivity contribution in [2.45, 2.75) is 56.2 Å². The molecule has 1 saturated carbocycles. The first kappa shape index (κ1) is 25.7. The van der Waals surface area contributed by atoms with Crippen LogP contribution in [0, 0.1) is 0 Å². The number of rotatable bonds is 7. The van der Waals surface area contributed by atoms with Crippen molar-refractivity contribution in [3.05, 3.63) is 54.4 Å². The highest BCUT2D eigenvalue weighted by Crippen LogP contribution is 2.43. The maximum absolute atomic E-state index is 13.2. The lowest BCUT2D eigenvalue weighted by molar-refractivity contribution is -0.141. The summed E-state index contributed by atoms with van der Waals surface area (Å²) < 4.78 is 47.3. The van der Waals surface area contributed by atoms with Gasteiger partial charge < -0.3 is 20.6 Å². The largest absolute Gasteiger partial charge is 0.474 e. The molecule has 206 valence electrons. The zero-order valence-corrected chi connectivity index (χ0v) is 21.1. The Morgan fingerprint density at radius 3 is 2.69 bits per heavy atom. The number of hydrogen-bond acceptors (Lipinski definition) is 8. The first-order valence-electron chi connectivity index (χ1n) is 12.9. The number of piperidine rings is 1.